The van der Waals surface area contributed by atoms with Gasteiger partial charge in [-0.1, -0.05) is 243 Å². The Labute approximate surface area is 416 Å². The first-order valence-electron chi connectivity index (χ1n) is 25.2. The molecule has 16 aromatic carbocycles. The maximum atomic E-state index is 2.62. The molecule has 0 nitrogen and oxygen atoms in total. The average molecular weight is 907 g/mol. The molecule has 0 saturated heterocycles. The van der Waals surface area contributed by atoms with Gasteiger partial charge in [0.1, 0.15) is 0 Å². The van der Waals surface area contributed by atoms with E-state index in [1.54, 1.807) is 0 Å². The summed E-state index contributed by atoms with van der Waals surface area (Å²) in [6.45, 7) is 0. The molecule has 0 atom stereocenters. The molecule has 0 aliphatic carbocycles. The van der Waals surface area contributed by atoms with Crippen molar-refractivity contribution in [3.05, 3.63) is 255 Å². The molecule has 0 radical (unpaired) electrons. The molecule has 0 heteroatoms. The first-order valence-corrected chi connectivity index (χ1v) is 25.2. The normalized spacial score (nSPS) is 12.2. The third kappa shape index (κ3) is 5.36. The molecular formula is C72H42. The van der Waals surface area contributed by atoms with E-state index in [4.69, 9.17) is 0 Å². The van der Waals surface area contributed by atoms with Gasteiger partial charge in [-0.25, -0.2) is 0 Å². The standard InChI is InChI=1S/C72H42/c1-7-21-43(22-8-1)59-56-42-57-66-52(67(56)65(48-31-17-6-18-32-48)70-54-40-39-50-38-37-49-33-19-34-51-41-55(71(59)70)68(54)60(50)58(49)51)35-20-36-53(66)69-63(46-27-13-4-14-28-46)61(44-23-9-2-10-24-44)62(45-25-11-3-12-26-45)64(72(57)69)47-29-15-5-16-30-47/h1-42H. The van der Waals surface area contributed by atoms with Crippen LogP contribution >= 0.6 is 0 Å². The van der Waals surface area contributed by atoms with Crippen molar-refractivity contribution < 1.29 is 0 Å². The molecule has 0 fully saturated rings. The predicted octanol–water partition coefficient (Wildman–Crippen LogP) is 20.4. The molecule has 0 aromatic heterocycles. The van der Waals surface area contributed by atoms with Crippen LogP contribution in [-0.2, 0) is 0 Å². The lowest BCUT2D eigenvalue weighted by molar-refractivity contribution is 1.58. The first kappa shape index (κ1) is 39.5. The van der Waals surface area contributed by atoms with Crippen LogP contribution in [0.2, 0.25) is 0 Å². The molecule has 16 rings (SSSR count). The Morgan fingerprint density at radius 3 is 1.04 bits per heavy atom. The molecule has 330 valence electrons. The predicted molar refractivity (Wildman–Crippen MR) is 310 cm³/mol. The van der Waals surface area contributed by atoms with E-state index in [1.807, 2.05) is 0 Å². The monoisotopic (exact) mass is 906 g/mol. The molecule has 0 aliphatic rings. The highest BCUT2D eigenvalue weighted by Gasteiger charge is 2.31. The molecule has 0 unspecified atom stereocenters. The van der Waals surface area contributed by atoms with Crippen molar-refractivity contribution in [2.45, 2.75) is 0 Å². The highest BCUT2D eigenvalue weighted by molar-refractivity contribution is 6.49. The summed E-state index contributed by atoms with van der Waals surface area (Å²) in [4.78, 5) is 0. The summed E-state index contributed by atoms with van der Waals surface area (Å²) in [7, 11) is 0. The Morgan fingerprint density at radius 2 is 0.500 bits per heavy atom. The van der Waals surface area contributed by atoms with Crippen LogP contribution in [0, 0.1) is 0 Å². The van der Waals surface area contributed by atoms with Gasteiger partial charge < -0.3 is 0 Å². The van der Waals surface area contributed by atoms with Crippen LogP contribution in [0.5, 0.6) is 0 Å². The minimum atomic E-state index is 1.20. The molecular weight excluding hydrogens is 865 g/mol. The van der Waals surface area contributed by atoms with Crippen LogP contribution in [-0.4, -0.2) is 0 Å². The quantitative estimate of drug-likeness (QED) is 0.146. The van der Waals surface area contributed by atoms with Crippen LogP contribution in [0.25, 0.3) is 164 Å². The zero-order chi connectivity index (χ0) is 47.0. The molecule has 0 spiro atoms. The summed E-state index contributed by atoms with van der Waals surface area (Å²) in [6.07, 6.45) is 0. The fourth-order valence-electron chi connectivity index (χ4n) is 13.3. The second-order valence-corrected chi connectivity index (χ2v) is 19.7. The lowest BCUT2D eigenvalue weighted by atomic mass is 9.79. The van der Waals surface area contributed by atoms with Gasteiger partial charge in [0, 0.05) is 0 Å². The maximum absolute atomic E-state index is 2.62. The second-order valence-electron chi connectivity index (χ2n) is 19.7. The van der Waals surface area contributed by atoms with E-state index in [1.165, 1.54) is 164 Å². The molecule has 0 heterocycles. The minimum Gasteiger partial charge on any atom is -0.0622 e. The third-order valence-corrected chi connectivity index (χ3v) is 16.0. The second kappa shape index (κ2) is 15.1. The summed E-state index contributed by atoms with van der Waals surface area (Å²) in [5.41, 5.74) is 14.8. The molecule has 0 N–H and O–H groups in total. The third-order valence-electron chi connectivity index (χ3n) is 16.0. The van der Waals surface area contributed by atoms with Crippen LogP contribution in [0.15, 0.2) is 255 Å². The van der Waals surface area contributed by atoms with E-state index < -0.39 is 0 Å². The van der Waals surface area contributed by atoms with Crippen LogP contribution in [0.3, 0.4) is 0 Å². The van der Waals surface area contributed by atoms with Gasteiger partial charge in [0.05, 0.1) is 0 Å². The Hall–Kier alpha value is -9.36. The van der Waals surface area contributed by atoms with E-state index in [0.717, 1.165) is 0 Å². The van der Waals surface area contributed by atoms with Crippen molar-refractivity contribution in [3.63, 3.8) is 0 Å². The van der Waals surface area contributed by atoms with Gasteiger partial charge >= 0.3 is 0 Å². The van der Waals surface area contributed by atoms with Gasteiger partial charge in [-0.2, -0.15) is 0 Å². The Kier molecular flexibility index (Phi) is 8.26. The average Bonchev–Trinajstić information content (AvgIpc) is 3.97. The maximum Gasteiger partial charge on any atom is -0.000696 e. The van der Waals surface area contributed by atoms with Crippen molar-refractivity contribution in [2.24, 2.45) is 0 Å². The Morgan fingerprint density at radius 1 is 0.139 bits per heavy atom. The number of hydrogen-bond acceptors (Lipinski definition) is 0. The Bertz CT molecular complexity index is 4770. The molecule has 72 heavy (non-hydrogen) atoms. The topological polar surface area (TPSA) is 0 Å². The number of benzene rings is 14. The SMILES string of the molecule is c1ccc(-c2c(-c3ccccc3)c(-c3ccccc3)c3c4cc5c(-c6ccccc6)c6c7cc8cccc9ccc%10ccc(c6c(-c6ccccc6)c5c5cccc(c3c2-c2ccccc2)c54)c7c%10c98)cc1. The van der Waals surface area contributed by atoms with Crippen molar-refractivity contribution in [2.75, 3.05) is 0 Å². The van der Waals surface area contributed by atoms with Gasteiger partial charge in [0.25, 0.3) is 0 Å². The van der Waals surface area contributed by atoms with E-state index in [2.05, 4.69) is 255 Å². The van der Waals surface area contributed by atoms with Crippen molar-refractivity contribution in [1.82, 2.24) is 0 Å². The van der Waals surface area contributed by atoms with Gasteiger partial charge in [0.2, 0.25) is 0 Å². The number of fused-ring (bicyclic) bond motifs is 8. The molecule has 0 bridgehead atoms. The fraction of sp³-hybridized carbons (Fsp3) is 0. The Balaban J connectivity index is 1.23. The summed E-state index contributed by atoms with van der Waals surface area (Å²) in [5, 5.41) is 23.5. The summed E-state index contributed by atoms with van der Waals surface area (Å²) in [6, 6.07) is 95.7. The van der Waals surface area contributed by atoms with E-state index in [9.17, 15) is 0 Å². The molecule has 0 amide bonds. The summed E-state index contributed by atoms with van der Waals surface area (Å²) in [5.74, 6) is 0. The van der Waals surface area contributed by atoms with Crippen LogP contribution in [0.1, 0.15) is 0 Å². The van der Waals surface area contributed by atoms with Gasteiger partial charge in [-0.3, -0.25) is 0 Å². The largest absolute Gasteiger partial charge is 0.0622 e. The molecule has 0 saturated carbocycles. The van der Waals surface area contributed by atoms with Crippen molar-refractivity contribution in [1.29, 1.82) is 0 Å². The highest BCUT2D eigenvalue weighted by Crippen LogP contribution is 2.60. The minimum absolute atomic E-state index is 1.20. The van der Waals surface area contributed by atoms with Crippen LogP contribution in [0.4, 0.5) is 0 Å². The van der Waals surface area contributed by atoms with Gasteiger partial charge in [-0.15, -0.1) is 0 Å². The van der Waals surface area contributed by atoms with Crippen molar-refractivity contribution >= 4 is 97.0 Å². The zero-order valence-electron chi connectivity index (χ0n) is 39.2. The number of hydrogen-bond donors (Lipinski definition) is 0. The summed E-state index contributed by atoms with van der Waals surface area (Å²) < 4.78 is 0. The lowest BCUT2D eigenvalue weighted by Crippen LogP contribution is -1.96. The smallest absolute Gasteiger partial charge is 0.000696 e. The van der Waals surface area contributed by atoms with Crippen LogP contribution < -0.4 is 0 Å². The van der Waals surface area contributed by atoms with Crippen molar-refractivity contribution in [3.8, 4) is 66.8 Å². The summed E-state index contributed by atoms with van der Waals surface area (Å²) >= 11 is 0. The first-order chi connectivity index (χ1) is 35.8. The highest BCUT2D eigenvalue weighted by atomic mass is 14.3. The van der Waals surface area contributed by atoms with E-state index in [0.29, 0.717) is 0 Å². The number of rotatable bonds is 6. The zero-order valence-corrected chi connectivity index (χ0v) is 39.2. The molecule has 0 aliphatic heterocycles. The van der Waals surface area contributed by atoms with E-state index >= 15 is 0 Å². The van der Waals surface area contributed by atoms with Gasteiger partial charge in [-0.05, 0) is 176 Å². The van der Waals surface area contributed by atoms with E-state index in [-0.39, 0.29) is 0 Å². The lowest BCUT2D eigenvalue weighted by Gasteiger charge is -2.23. The van der Waals surface area contributed by atoms with Gasteiger partial charge in [0.15, 0.2) is 0 Å². The fourth-order valence-corrected chi connectivity index (χ4v) is 13.3. The molecule has 16 aromatic rings.